The average molecular weight is 1490 g/mol. The van der Waals surface area contributed by atoms with Crippen molar-refractivity contribution in [3.05, 3.63) is 52.0 Å². The van der Waals surface area contributed by atoms with E-state index in [1.807, 2.05) is 27.7 Å². The Kier molecular flexibility index (Phi) is 12.4. The minimum atomic E-state index is -1.10. The summed E-state index contributed by atoms with van der Waals surface area (Å²) in [6, 6.07) is 0. The summed E-state index contributed by atoms with van der Waals surface area (Å²) in [6.45, 7) is 31.3. The molecule has 0 unspecified atom stereocenters. The molecule has 20 fully saturated rings. The fraction of sp³-hybridized carbons (Fsp3) is 0.831. The van der Waals surface area contributed by atoms with Crippen LogP contribution in [-0.4, -0.2) is 229 Å². The van der Waals surface area contributed by atoms with Gasteiger partial charge in [0.05, 0.1) is 24.4 Å². The molecule has 3 N–H and O–H groups in total. The quantitative estimate of drug-likeness (QED) is 0.120. The first kappa shape index (κ1) is 70.0. The molecule has 0 radical (unpaired) electrons. The summed E-state index contributed by atoms with van der Waals surface area (Å²) in [4.78, 5) is 62.0. The number of cyclic esters (lactones) is 4. The molecule has 24 nitrogen and oxygen atoms in total. The van der Waals surface area contributed by atoms with Crippen LogP contribution in [0.15, 0.2) is 44.6 Å². The topological polar surface area (TPSA) is 333 Å². The van der Waals surface area contributed by atoms with Gasteiger partial charge in [-0.25, -0.2) is 19.2 Å². The molecular weight excluding hydrogens is 1390 g/mol. The van der Waals surface area contributed by atoms with E-state index in [-0.39, 0.29) is 198 Å². The molecule has 16 aliphatic heterocycles. The van der Waals surface area contributed by atoms with Gasteiger partial charge in [0.15, 0.2) is 28.0 Å². The summed E-state index contributed by atoms with van der Waals surface area (Å²) in [6.07, 6.45) is 8.16. The second kappa shape index (κ2) is 19.1. The number of epoxide rings is 12. The van der Waals surface area contributed by atoms with Crippen molar-refractivity contribution in [3.8, 4) is 0 Å². The number of aliphatic hydroxyl groups excluding tert-OH is 1. The van der Waals surface area contributed by atoms with Gasteiger partial charge in [0.25, 0.3) is 0 Å². The molecule has 8 saturated carbocycles. The van der Waals surface area contributed by atoms with Crippen LogP contribution in [0.2, 0.25) is 0 Å². The van der Waals surface area contributed by atoms with E-state index >= 15 is 0 Å². The minimum absolute atomic E-state index is 0. The van der Waals surface area contributed by atoms with Gasteiger partial charge in [-0.15, -0.1) is 0 Å². The van der Waals surface area contributed by atoms with Crippen molar-refractivity contribution < 1.29 is 134 Å². The molecule has 12 aliphatic carbocycles. The Morgan fingerprint density at radius 1 is 0.361 bits per heavy atom. The zero-order chi connectivity index (χ0) is 73.3. The first-order chi connectivity index (χ1) is 50.1. The third kappa shape index (κ3) is 6.33. The van der Waals surface area contributed by atoms with Gasteiger partial charge in [0.2, 0.25) is 5.78 Å². The molecule has 35 atom stereocenters. The number of carbonyl (C=O) groups is 5. The van der Waals surface area contributed by atoms with E-state index in [0.717, 1.165) is 115 Å². The predicted molar refractivity (Wildman–Crippen MR) is 363 cm³/mol. The van der Waals surface area contributed by atoms with Crippen LogP contribution in [0.3, 0.4) is 0 Å². The Morgan fingerprint density at radius 2 is 0.722 bits per heavy atom. The van der Waals surface area contributed by atoms with Gasteiger partial charge >= 0.3 is 42.7 Å². The van der Waals surface area contributed by atoms with Crippen molar-refractivity contribution in [1.29, 1.82) is 0 Å². The molecule has 8 spiro atoms. The molecule has 578 valence electrons. The second-order valence-electron chi connectivity index (χ2n) is 40.5. The Bertz CT molecular complexity index is 4380. The van der Waals surface area contributed by atoms with Crippen LogP contribution in [0.1, 0.15) is 174 Å². The molecule has 25 heteroatoms. The Labute approximate surface area is 639 Å². The molecule has 0 aromatic heterocycles. The summed E-state index contributed by atoms with van der Waals surface area (Å²) in [7, 11) is 0. The van der Waals surface area contributed by atoms with E-state index in [9.17, 15) is 39.3 Å². The van der Waals surface area contributed by atoms with Crippen LogP contribution < -0.4 is 18.9 Å². The van der Waals surface area contributed by atoms with Crippen LogP contribution in [-0.2, 0) is 99.8 Å². The number of hydrogen-bond donors (Lipinski definition) is 3. The van der Waals surface area contributed by atoms with Crippen LogP contribution in [0.25, 0.3) is 0 Å². The van der Waals surface area contributed by atoms with Crippen molar-refractivity contribution in [2.75, 3.05) is 26.4 Å². The van der Waals surface area contributed by atoms with Crippen molar-refractivity contribution in [3.63, 3.8) is 0 Å². The summed E-state index contributed by atoms with van der Waals surface area (Å²) >= 11 is 0. The molecule has 0 amide bonds. The van der Waals surface area contributed by atoms with Gasteiger partial charge in [-0.05, 0) is 161 Å². The van der Waals surface area contributed by atoms with Crippen LogP contribution >= 0.6 is 0 Å². The number of esters is 4. The summed E-state index contributed by atoms with van der Waals surface area (Å²) in [5, 5.41) is 35.3. The maximum Gasteiger partial charge on any atom is 1.00 e. The molecule has 0 aromatic rings. The summed E-state index contributed by atoms with van der Waals surface area (Å²) in [5.41, 5.74) is -2.26. The maximum atomic E-state index is 13.6. The number of ether oxygens (including phenoxy) is 16. The molecule has 108 heavy (non-hydrogen) atoms. The maximum absolute atomic E-state index is 13.6. The number of rotatable bonds is 4. The number of Topliss-reactive ketones (excluding diaryl/α,β-unsaturated/α-hetero) is 1. The number of hydrogen-bond acceptors (Lipinski definition) is 24. The second-order valence-corrected chi connectivity index (χ2v) is 40.5. The number of aliphatic hydroxyl groups is 3. The van der Waals surface area contributed by atoms with E-state index in [1.165, 1.54) is 0 Å². The molecule has 28 rings (SSSR count). The Balaban J connectivity index is 0.0000000864. The van der Waals surface area contributed by atoms with E-state index in [1.54, 1.807) is 0 Å². The van der Waals surface area contributed by atoms with Gasteiger partial charge in [0, 0.05) is 44.0 Å². The van der Waals surface area contributed by atoms with Crippen molar-refractivity contribution >= 4 is 29.7 Å². The average Bonchev–Trinajstić information content (AvgIpc) is 1.42. The number of fused-ring (bicyclic) bond motifs is 16. The monoisotopic (exact) mass is 1490 g/mol. The van der Waals surface area contributed by atoms with Gasteiger partial charge in [-0.1, -0.05) is 83.1 Å². The standard InChI is InChI=1S/2C21H26O6.C20H24O6.C20H22O6.CH3.Li/c2*1-9(2)19-14(26-19)15-21(27-15)17(3)6-5-10-11(8-24-16(10)22)12(17)7-13-20(21,25-13)18(19,4)23;2*1-8(2)18-13(25-18)14-20(26-14)17(3)5-4-9-10(7-23-15(9)21)11(17)6-12-19(20,24-12)16(18)22;;/h2*9,12-15,23H,5-8H2,1-4H3;8,11-14,16,22H,4-7H2,1-3H3;8,11-14H,4-7H2,1-3H3;1H3;/q;;;;-1;+1/t12-,13-,14-,15-,17-,18+,19-,20+,21+;12-,13-,14-,15-,17-,18-,19-,20+,21+;11-,12-,13-,14-,16+,17-,18-,19+,20+;11-,12-,13-,14-,17-,18-,19+,20+;;/m0000../s1. The van der Waals surface area contributed by atoms with Crippen LogP contribution in [0.5, 0.6) is 0 Å². The zero-order valence-electron chi connectivity index (χ0n) is 64.9. The fourth-order valence-electron chi connectivity index (χ4n) is 31.8. The van der Waals surface area contributed by atoms with Gasteiger partial charge in [0.1, 0.15) is 132 Å². The van der Waals surface area contributed by atoms with Crippen LogP contribution in [0, 0.1) is 76.4 Å². The smallest absolute Gasteiger partial charge is 0.458 e. The largest absolute Gasteiger partial charge is 1.00 e. The molecule has 12 saturated heterocycles. The molecule has 28 aliphatic rings. The fourth-order valence-corrected chi connectivity index (χ4v) is 31.8. The van der Waals surface area contributed by atoms with Gasteiger partial charge in [-0.2, -0.15) is 0 Å². The van der Waals surface area contributed by atoms with E-state index in [2.05, 4.69) is 69.2 Å². The molecular formula is C83H101LiO24. The number of ketones is 1. The van der Waals surface area contributed by atoms with E-state index in [4.69, 9.17) is 75.8 Å². The normalized spacial score (nSPS) is 61.7. The van der Waals surface area contributed by atoms with Crippen molar-refractivity contribution in [1.82, 2.24) is 0 Å². The number of carbonyl (C=O) groups excluding carboxylic acids is 5. The first-order valence-electron chi connectivity index (χ1n) is 40.4. The third-order valence-electron chi connectivity index (χ3n) is 37.1. The summed E-state index contributed by atoms with van der Waals surface area (Å²) < 4.78 is 97.7. The van der Waals surface area contributed by atoms with Crippen LogP contribution in [0.4, 0.5) is 0 Å². The minimum Gasteiger partial charge on any atom is -0.458 e. The summed E-state index contributed by atoms with van der Waals surface area (Å²) in [5.74, 6) is 1.04. The van der Waals surface area contributed by atoms with E-state index < -0.39 is 84.5 Å². The van der Waals surface area contributed by atoms with E-state index in [0.29, 0.717) is 32.8 Å². The van der Waals surface area contributed by atoms with Gasteiger partial charge in [-0.3, -0.25) is 4.79 Å². The zero-order valence-corrected chi connectivity index (χ0v) is 64.9. The first-order valence-corrected chi connectivity index (χ1v) is 40.4. The molecule has 0 aromatic carbocycles. The van der Waals surface area contributed by atoms with Crippen molar-refractivity contribution in [2.45, 2.75) is 332 Å². The molecule has 16 heterocycles. The Morgan fingerprint density at radius 3 is 1.13 bits per heavy atom. The Hall–Kier alpha value is -3.49. The van der Waals surface area contributed by atoms with Gasteiger partial charge < -0.3 is 98.5 Å². The third-order valence-corrected chi connectivity index (χ3v) is 37.1. The molecule has 0 bridgehead atoms. The predicted octanol–water partition coefficient (Wildman–Crippen LogP) is 2.86. The SMILES string of the molecule is CC(C)[C@]12O[C@H]1[C@@H]1O[C@@]13[C@@]1(C)CCC4=C(COC4=O)[C@@H]1C[C@@H]1O[C@@]13C2=O.CC(C)[C@]12O[C@H]1[C@@H]1O[C@]13[C@]1(O[C@H]1C[C@H]1C4=C(CC[C@@]13C)C(=O)OC4)[C@@H]2O.CC(C)[C@]12O[C@H]1[C@@H]1O[C@]13[C@]1(O[C@H]1C[C@H]1C4=C(CC[C@@]13C)C(=O)OC4)[C@@]2(C)O.CC(C)[C@]12O[C@H]1[C@@H]1O[C@]13[C@]1(O[C@H]1C[C@H]1C4=C(CC[C@@]13C)C(=O)OC4)[C@]2(C)O.[CH3-].[Li+]. The van der Waals surface area contributed by atoms with Crippen molar-refractivity contribution in [2.24, 2.45) is 69.0 Å².